The van der Waals surface area contributed by atoms with Gasteiger partial charge in [0.05, 0.1) is 12.7 Å². The Morgan fingerprint density at radius 2 is 1.95 bits per heavy atom. The van der Waals surface area contributed by atoms with Gasteiger partial charge in [0.25, 0.3) is 0 Å². The van der Waals surface area contributed by atoms with E-state index in [1.54, 1.807) is 13.8 Å². The zero-order valence-electron chi connectivity index (χ0n) is 12.0. The molecule has 0 saturated heterocycles. The minimum absolute atomic E-state index is 0.331. The van der Waals surface area contributed by atoms with Gasteiger partial charge in [-0.05, 0) is 33.3 Å². The van der Waals surface area contributed by atoms with Crippen LogP contribution >= 0.6 is 0 Å². The van der Waals surface area contributed by atoms with Crippen molar-refractivity contribution in [3.05, 3.63) is 35.9 Å². The third-order valence-corrected chi connectivity index (χ3v) is 3.22. The van der Waals surface area contributed by atoms with Gasteiger partial charge in [-0.1, -0.05) is 30.3 Å². The number of nitrogens with one attached hydrogen (secondary N) is 1. The van der Waals surface area contributed by atoms with Crippen molar-refractivity contribution < 1.29 is 14.6 Å². The Labute approximate surface area is 114 Å². The first-order chi connectivity index (χ1) is 8.88. The number of esters is 1. The topological polar surface area (TPSA) is 58.6 Å². The summed E-state index contributed by atoms with van der Waals surface area (Å²) in [5.74, 6) is -0.331. The van der Waals surface area contributed by atoms with E-state index in [1.165, 1.54) is 0 Å². The monoisotopic (exact) mass is 265 g/mol. The molecule has 106 valence electrons. The molecule has 0 aliphatic carbocycles. The minimum Gasteiger partial charge on any atom is -0.465 e. The van der Waals surface area contributed by atoms with Crippen LogP contribution < -0.4 is 5.32 Å². The minimum atomic E-state index is -0.590. The molecule has 0 aliphatic heterocycles. The molecular formula is C15H23NO3. The maximum absolute atomic E-state index is 12.1. The Balaban J connectivity index is 2.97. The van der Waals surface area contributed by atoms with Gasteiger partial charge in [0.15, 0.2) is 0 Å². The second kappa shape index (κ2) is 6.68. The Morgan fingerprint density at radius 1 is 1.37 bits per heavy atom. The van der Waals surface area contributed by atoms with Crippen LogP contribution in [0.25, 0.3) is 0 Å². The predicted octanol–water partition coefficient (Wildman–Crippen LogP) is 2.04. The normalized spacial score (nSPS) is 14.8. The number of aliphatic hydroxyl groups excluding tert-OH is 1. The second-order valence-corrected chi connectivity index (χ2v) is 5.14. The number of hydrogen-bond donors (Lipinski definition) is 2. The third kappa shape index (κ3) is 4.33. The molecule has 1 aromatic carbocycles. The average Bonchev–Trinajstić information content (AvgIpc) is 2.37. The molecule has 0 bridgehead atoms. The molecule has 0 aliphatic rings. The number of benzene rings is 1. The summed E-state index contributed by atoms with van der Waals surface area (Å²) in [7, 11) is 0. The molecule has 2 N–H and O–H groups in total. The zero-order chi connectivity index (χ0) is 14.5. The molecule has 2 atom stereocenters. The number of carbonyl (C=O) groups excluding carboxylic acids is 1. The van der Waals surface area contributed by atoms with Gasteiger partial charge in [0.2, 0.25) is 0 Å². The molecule has 4 nitrogen and oxygen atoms in total. The number of hydrogen-bond acceptors (Lipinski definition) is 4. The summed E-state index contributed by atoms with van der Waals surface area (Å²) in [6.07, 6.45) is -0.590. The number of rotatable bonds is 6. The van der Waals surface area contributed by atoms with Crippen LogP contribution in [0.3, 0.4) is 0 Å². The molecule has 0 radical (unpaired) electrons. The summed E-state index contributed by atoms with van der Waals surface area (Å²) in [5, 5.41) is 12.9. The first-order valence-electron chi connectivity index (χ1n) is 6.55. The van der Waals surface area contributed by atoms with Gasteiger partial charge < -0.3 is 9.84 Å². The smallest absolute Gasteiger partial charge is 0.327 e. The van der Waals surface area contributed by atoms with E-state index in [1.807, 2.05) is 44.2 Å². The van der Waals surface area contributed by atoms with E-state index in [9.17, 15) is 9.90 Å². The van der Waals surface area contributed by atoms with E-state index >= 15 is 0 Å². The van der Waals surface area contributed by atoms with Crippen LogP contribution in [0.15, 0.2) is 30.3 Å². The lowest BCUT2D eigenvalue weighted by Crippen LogP contribution is -2.51. The highest BCUT2D eigenvalue weighted by Gasteiger charge is 2.32. The SMILES string of the molecule is CCOC(=O)C(NC(C)(C)C(C)O)c1ccccc1. The van der Waals surface area contributed by atoms with Crippen LogP contribution in [0.4, 0.5) is 0 Å². The molecule has 1 aromatic rings. The van der Waals surface area contributed by atoms with Gasteiger partial charge in [-0.2, -0.15) is 0 Å². The summed E-state index contributed by atoms with van der Waals surface area (Å²) >= 11 is 0. The largest absolute Gasteiger partial charge is 0.465 e. The highest BCUT2D eigenvalue weighted by atomic mass is 16.5. The third-order valence-electron chi connectivity index (χ3n) is 3.22. The van der Waals surface area contributed by atoms with Crippen molar-refractivity contribution in [2.24, 2.45) is 0 Å². The quantitative estimate of drug-likeness (QED) is 0.773. The Bertz CT molecular complexity index is 401. The van der Waals surface area contributed by atoms with Crippen LogP contribution in [0, 0.1) is 0 Å². The van der Waals surface area contributed by atoms with Crippen LogP contribution in [-0.2, 0) is 9.53 Å². The van der Waals surface area contributed by atoms with Crippen molar-refractivity contribution in [1.82, 2.24) is 5.32 Å². The van der Waals surface area contributed by atoms with Crippen molar-refractivity contribution in [3.8, 4) is 0 Å². The Morgan fingerprint density at radius 3 is 2.42 bits per heavy atom. The maximum atomic E-state index is 12.1. The zero-order valence-corrected chi connectivity index (χ0v) is 12.0. The highest BCUT2D eigenvalue weighted by molar-refractivity contribution is 5.77. The maximum Gasteiger partial charge on any atom is 0.327 e. The van der Waals surface area contributed by atoms with Crippen molar-refractivity contribution >= 4 is 5.97 Å². The molecule has 4 heteroatoms. The lowest BCUT2D eigenvalue weighted by Gasteiger charge is -2.33. The first kappa shape index (κ1) is 15.7. The van der Waals surface area contributed by atoms with Crippen LogP contribution in [0.1, 0.15) is 39.3 Å². The fourth-order valence-electron chi connectivity index (χ4n) is 1.64. The summed E-state index contributed by atoms with van der Waals surface area (Å²) in [5.41, 5.74) is 0.238. The van der Waals surface area contributed by atoms with Crippen LogP contribution in [0.2, 0.25) is 0 Å². The molecular weight excluding hydrogens is 242 g/mol. The van der Waals surface area contributed by atoms with Crippen molar-refractivity contribution in [2.75, 3.05) is 6.61 Å². The molecule has 1 rings (SSSR count). The highest BCUT2D eigenvalue weighted by Crippen LogP contribution is 2.20. The summed E-state index contributed by atoms with van der Waals surface area (Å²) < 4.78 is 5.10. The summed E-state index contributed by atoms with van der Waals surface area (Å²) in [6.45, 7) is 7.51. The van der Waals surface area contributed by atoms with Crippen LogP contribution in [0.5, 0.6) is 0 Å². The van der Waals surface area contributed by atoms with Gasteiger partial charge in [-0.15, -0.1) is 0 Å². The summed E-state index contributed by atoms with van der Waals surface area (Å²) in [4.78, 5) is 12.1. The van der Waals surface area contributed by atoms with E-state index < -0.39 is 17.7 Å². The molecule has 0 amide bonds. The van der Waals surface area contributed by atoms with E-state index in [4.69, 9.17) is 4.74 Å². The lowest BCUT2D eigenvalue weighted by molar-refractivity contribution is -0.146. The number of aliphatic hydroxyl groups is 1. The van der Waals surface area contributed by atoms with Gasteiger partial charge in [-0.25, -0.2) is 4.79 Å². The standard InChI is InChI=1S/C15H23NO3/c1-5-19-14(18)13(12-9-7-6-8-10-12)16-15(3,4)11(2)17/h6-11,13,16-17H,5H2,1-4H3. The number of carbonyl (C=O) groups is 1. The van der Waals surface area contributed by atoms with E-state index in [-0.39, 0.29) is 5.97 Å². The van der Waals surface area contributed by atoms with E-state index in [2.05, 4.69) is 5.32 Å². The van der Waals surface area contributed by atoms with Gasteiger partial charge in [0.1, 0.15) is 6.04 Å². The summed E-state index contributed by atoms with van der Waals surface area (Å²) in [6, 6.07) is 8.80. The lowest BCUT2D eigenvalue weighted by atomic mass is 9.95. The van der Waals surface area contributed by atoms with Crippen molar-refractivity contribution in [2.45, 2.75) is 45.4 Å². The average molecular weight is 265 g/mol. The van der Waals surface area contributed by atoms with Gasteiger partial charge >= 0.3 is 5.97 Å². The predicted molar refractivity (Wildman–Crippen MR) is 74.7 cm³/mol. The first-order valence-corrected chi connectivity index (χ1v) is 6.55. The van der Waals surface area contributed by atoms with Gasteiger partial charge in [0, 0.05) is 5.54 Å². The molecule has 19 heavy (non-hydrogen) atoms. The van der Waals surface area contributed by atoms with Crippen LogP contribution in [-0.4, -0.2) is 29.3 Å². The Kier molecular flexibility index (Phi) is 5.51. The number of ether oxygens (including phenoxy) is 1. The van der Waals surface area contributed by atoms with E-state index in [0.29, 0.717) is 6.61 Å². The molecule has 0 fully saturated rings. The molecule has 0 heterocycles. The Hall–Kier alpha value is -1.39. The molecule has 2 unspecified atom stereocenters. The fourth-order valence-corrected chi connectivity index (χ4v) is 1.64. The van der Waals surface area contributed by atoms with Crippen molar-refractivity contribution in [1.29, 1.82) is 0 Å². The molecule has 0 saturated carbocycles. The molecule has 0 aromatic heterocycles. The van der Waals surface area contributed by atoms with E-state index in [0.717, 1.165) is 5.56 Å². The van der Waals surface area contributed by atoms with Gasteiger partial charge in [-0.3, -0.25) is 5.32 Å². The second-order valence-electron chi connectivity index (χ2n) is 5.14. The van der Waals surface area contributed by atoms with Crippen molar-refractivity contribution in [3.63, 3.8) is 0 Å². The molecule has 0 spiro atoms. The fraction of sp³-hybridized carbons (Fsp3) is 0.533.